The Morgan fingerprint density at radius 2 is 2.00 bits per heavy atom. The number of allylic oxidation sites excluding steroid dienone is 2. The van der Waals surface area contributed by atoms with Crippen LogP contribution in [0, 0.1) is 5.92 Å². The quantitative estimate of drug-likeness (QED) is 0.309. The molecule has 0 radical (unpaired) electrons. The van der Waals surface area contributed by atoms with Crippen LogP contribution in [0.5, 0.6) is 0 Å². The molecule has 2 aliphatic carbocycles. The van der Waals surface area contributed by atoms with E-state index in [1.54, 1.807) is 11.8 Å². The fourth-order valence-corrected chi connectivity index (χ4v) is 5.40. The highest BCUT2D eigenvalue weighted by atomic mass is 32.2. The Morgan fingerprint density at radius 1 is 1.12 bits per heavy atom. The van der Waals surface area contributed by atoms with Crippen molar-refractivity contribution in [1.29, 1.82) is 0 Å². The summed E-state index contributed by atoms with van der Waals surface area (Å²) >= 11 is 1.76. The predicted molar refractivity (Wildman–Crippen MR) is 132 cm³/mol. The van der Waals surface area contributed by atoms with Gasteiger partial charge in [-0.25, -0.2) is 4.98 Å². The minimum Gasteiger partial charge on any atom is -0.310 e. The number of unbranched alkanes of at least 4 members (excludes halogenated alkanes) is 1. The minimum absolute atomic E-state index is 0.0259. The molecule has 1 aromatic rings. The van der Waals surface area contributed by atoms with Crippen LogP contribution in [0.1, 0.15) is 19.3 Å². The molecule has 2 atom stereocenters. The molecule has 2 amide bonds. The highest BCUT2D eigenvalue weighted by Crippen LogP contribution is 2.39. The molecule has 0 spiro atoms. The second kappa shape index (κ2) is 11.1. The number of carbonyl (C=O) groups excluding carboxylic acids is 2. The fourth-order valence-electron chi connectivity index (χ4n) is 4.51. The average molecular weight is 466 g/mol. The zero-order chi connectivity index (χ0) is 23.2. The highest BCUT2D eigenvalue weighted by Gasteiger charge is 2.42. The minimum atomic E-state index is -0.154. The van der Waals surface area contributed by atoms with E-state index in [0.29, 0.717) is 17.7 Å². The second-order valence-electron chi connectivity index (χ2n) is 8.86. The lowest BCUT2D eigenvalue weighted by Crippen LogP contribution is -2.48. The maximum absolute atomic E-state index is 13.2. The molecule has 0 saturated carbocycles. The summed E-state index contributed by atoms with van der Waals surface area (Å²) in [6, 6.07) is 6.12. The topological polar surface area (TPSA) is 66.8 Å². The summed E-state index contributed by atoms with van der Waals surface area (Å²) in [5, 5.41) is 4.73. The first-order chi connectivity index (χ1) is 16.1. The molecular weight excluding hydrogens is 432 g/mol. The van der Waals surface area contributed by atoms with Gasteiger partial charge >= 0.3 is 0 Å². The van der Waals surface area contributed by atoms with Crippen molar-refractivity contribution in [3.8, 4) is 0 Å². The third-order valence-corrected chi connectivity index (χ3v) is 7.24. The lowest BCUT2D eigenvalue weighted by atomic mass is 9.74. The van der Waals surface area contributed by atoms with Gasteiger partial charge in [-0.05, 0) is 64.2 Å². The Balaban J connectivity index is 1.36. The number of hydrogen-bond acceptors (Lipinski definition) is 5. The molecule has 0 fully saturated rings. The van der Waals surface area contributed by atoms with E-state index in [2.05, 4.69) is 47.5 Å². The third-order valence-electron chi connectivity index (χ3n) is 6.18. The monoisotopic (exact) mass is 465 g/mol. The summed E-state index contributed by atoms with van der Waals surface area (Å²) < 4.78 is 0. The van der Waals surface area contributed by atoms with Crippen molar-refractivity contribution in [2.24, 2.45) is 5.92 Å². The van der Waals surface area contributed by atoms with Crippen LogP contribution in [0.25, 0.3) is 0 Å². The molecule has 174 valence electrons. The van der Waals surface area contributed by atoms with Crippen LogP contribution in [0.3, 0.4) is 0 Å². The van der Waals surface area contributed by atoms with Crippen molar-refractivity contribution in [2.75, 3.05) is 39.5 Å². The van der Waals surface area contributed by atoms with Gasteiger partial charge in [0, 0.05) is 47.5 Å². The van der Waals surface area contributed by atoms with Gasteiger partial charge < -0.3 is 10.2 Å². The van der Waals surface area contributed by atoms with Crippen molar-refractivity contribution in [3.63, 3.8) is 0 Å². The number of pyridine rings is 1. The van der Waals surface area contributed by atoms with E-state index >= 15 is 0 Å². The van der Waals surface area contributed by atoms with Gasteiger partial charge in [0.2, 0.25) is 5.03 Å². The molecule has 33 heavy (non-hydrogen) atoms. The summed E-state index contributed by atoms with van der Waals surface area (Å²) in [4.78, 5) is 33.3. The van der Waals surface area contributed by atoms with Crippen LogP contribution >= 0.6 is 11.8 Å². The molecule has 1 aliphatic heterocycles. The number of H-pyrrole nitrogens is 1. The van der Waals surface area contributed by atoms with E-state index in [-0.39, 0.29) is 23.8 Å². The standard InChI is InChI=1S/C26H32N4O2S/c1-29(2)16-8-15-27-22-13-12-21-24-19(22)9-7-10-20(24)25(31)30(26(21)32)17-5-6-18-33-23-11-3-4-14-28-23/h3-4,7,9-14,19,22,27H,5-6,8,15-18H2,1-2H3/p+1. The SMILES string of the molecule is CN(C)CCCNC1C=CC2=C3C(=CC=CC31)C(=O)N(CCCCSc1cccc[nH+]1)C2=O. The smallest absolute Gasteiger partial charge is 0.261 e. The normalized spacial score (nSPS) is 21.7. The van der Waals surface area contributed by atoms with Crippen LogP contribution in [0.4, 0.5) is 0 Å². The number of aromatic nitrogens is 1. The van der Waals surface area contributed by atoms with Gasteiger partial charge in [-0.1, -0.05) is 36.1 Å². The van der Waals surface area contributed by atoms with Gasteiger partial charge in [-0.15, -0.1) is 0 Å². The van der Waals surface area contributed by atoms with Gasteiger partial charge in [-0.3, -0.25) is 14.5 Å². The fraction of sp³-hybridized carbons (Fsp3) is 0.423. The summed E-state index contributed by atoms with van der Waals surface area (Å²) in [6.07, 6.45) is 14.7. The maximum atomic E-state index is 13.2. The summed E-state index contributed by atoms with van der Waals surface area (Å²) in [5.41, 5.74) is 2.25. The van der Waals surface area contributed by atoms with E-state index in [1.807, 2.05) is 36.6 Å². The molecule has 1 aromatic heterocycles. The Hall–Kier alpha value is -2.48. The van der Waals surface area contributed by atoms with Gasteiger partial charge in [0.05, 0.1) is 0 Å². The number of thioether (sulfide) groups is 1. The predicted octanol–water partition coefficient (Wildman–Crippen LogP) is 2.63. The Labute approximate surface area is 200 Å². The van der Waals surface area contributed by atoms with Crippen molar-refractivity contribution in [2.45, 2.75) is 30.3 Å². The first-order valence-electron chi connectivity index (χ1n) is 11.7. The van der Waals surface area contributed by atoms with Gasteiger partial charge in [0.15, 0.2) is 6.20 Å². The molecule has 3 aliphatic rings. The molecule has 7 heteroatoms. The Kier molecular flexibility index (Phi) is 7.96. The van der Waals surface area contributed by atoms with E-state index in [9.17, 15) is 9.59 Å². The third kappa shape index (κ3) is 5.54. The van der Waals surface area contributed by atoms with Crippen LogP contribution in [0.2, 0.25) is 0 Å². The lowest BCUT2D eigenvalue weighted by Gasteiger charge is -2.38. The summed E-state index contributed by atoms with van der Waals surface area (Å²) in [7, 11) is 4.15. The molecule has 2 unspecified atom stereocenters. The van der Waals surface area contributed by atoms with Crippen molar-refractivity contribution >= 4 is 23.6 Å². The van der Waals surface area contributed by atoms with E-state index in [0.717, 1.165) is 48.7 Å². The van der Waals surface area contributed by atoms with E-state index in [4.69, 9.17) is 0 Å². The Bertz CT molecular complexity index is 997. The van der Waals surface area contributed by atoms with Crippen LogP contribution in [0.15, 0.2) is 76.5 Å². The van der Waals surface area contributed by atoms with Crippen LogP contribution in [-0.4, -0.2) is 67.1 Å². The number of aromatic amines is 1. The first-order valence-corrected chi connectivity index (χ1v) is 12.7. The average Bonchev–Trinajstić information content (AvgIpc) is 2.82. The molecule has 4 rings (SSSR count). The van der Waals surface area contributed by atoms with E-state index in [1.165, 1.54) is 4.90 Å². The zero-order valence-corrected chi connectivity index (χ0v) is 20.2. The van der Waals surface area contributed by atoms with Crippen LogP contribution in [-0.2, 0) is 9.59 Å². The number of rotatable bonds is 11. The molecule has 0 aromatic carbocycles. The molecule has 0 bridgehead atoms. The molecule has 2 heterocycles. The highest BCUT2D eigenvalue weighted by molar-refractivity contribution is 7.99. The van der Waals surface area contributed by atoms with Gasteiger partial charge in [-0.2, -0.15) is 0 Å². The zero-order valence-electron chi connectivity index (χ0n) is 19.4. The molecule has 2 N–H and O–H groups in total. The van der Waals surface area contributed by atoms with Crippen molar-refractivity contribution in [3.05, 3.63) is 71.5 Å². The molecular formula is C26H33N4O2S+. The number of hydrogen-bond donors (Lipinski definition) is 1. The van der Waals surface area contributed by atoms with Crippen LogP contribution < -0.4 is 10.3 Å². The molecule has 6 nitrogen and oxygen atoms in total. The lowest BCUT2D eigenvalue weighted by molar-refractivity contribution is -0.426. The number of nitrogens with one attached hydrogen (secondary N) is 2. The van der Waals surface area contributed by atoms with Gasteiger partial charge in [0.1, 0.15) is 0 Å². The summed E-state index contributed by atoms with van der Waals surface area (Å²) in [6.45, 7) is 2.38. The largest absolute Gasteiger partial charge is 0.310 e. The first kappa shape index (κ1) is 23.7. The number of nitrogens with zero attached hydrogens (tertiary/aromatic N) is 2. The number of amides is 2. The van der Waals surface area contributed by atoms with Crippen molar-refractivity contribution < 1.29 is 14.6 Å². The van der Waals surface area contributed by atoms with Gasteiger partial charge in [0.25, 0.3) is 11.8 Å². The number of imide groups is 1. The molecule has 0 saturated heterocycles. The summed E-state index contributed by atoms with van der Waals surface area (Å²) in [5.74, 6) is 0.662. The second-order valence-corrected chi connectivity index (χ2v) is 10.00. The Morgan fingerprint density at radius 3 is 2.79 bits per heavy atom. The van der Waals surface area contributed by atoms with E-state index < -0.39 is 0 Å². The van der Waals surface area contributed by atoms with Crippen molar-refractivity contribution in [1.82, 2.24) is 15.1 Å². The maximum Gasteiger partial charge on any atom is 0.261 e. The number of carbonyl (C=O) groups is 2.